The second-order valence-corrected chi connectivity index (χ2v) is 6.68. The molecule has 0 radical (unpaired) electrons. The van der Waals surface area contributed by atoms with Gasteiger partial charge < -0.3 is 25.3 Å². The number of aliphatic imine (C=N–C) groups is 1. The molecule has 2 aliphatic rings. The molecule has 0 saturated heterocycles. The number of guanidine groups is 1. The van der Waals surface area contributed by atoms with Gasteiger partial charge in [0, 0.05) is 24.1 Å². The van der Waals surface area contributed by atoms with Gasteiger partial charge in [-0.25, -0.2) is 4.99 Å². The van der Waals surface area contributed by atoms with Gasteiger partial charge in [-0.2, -0.15) is 8.78 Å². The first-order valence-electron chi connectivity index (χ1n) is 9.14. The molecule has 148 valence electrons. The number of rotatable bonds is 5. The van der Waals surface area contributed by atoms with E-state index in [2.05, 4.69) is 15.0 Å². The van der Waals surface area contributed by atoms with E-state index in [9.17, 15) is 8.78 Å². The van der Waals surface area contributed by atoms with E-state index in [1.54, 1.807) is 24.3 Å². The van der Waals surface area contributed by atoms with Crippen molar-refractivity contribution in [1.29, 1.82) is 0 Å². The Labute approximate surface area is 161 Å². The summed E-state index contributed by atoms with van der Waals surface area (Å²) in [6.45, 7) is -1.62. The van der Waals surface area contributed by atoms with Gasteiger partial charge in [0.15, 0.2) is 17.5 Å². The molecule has 4 rings (SSSR count). The van der Waals surface area contributed by atoms with Crippen molar-refractivity contribution >= 4 is 11.6 Å². The maximum Gasteiger partial charge on any atom is 0.387 e. The first-order chi connectivity index (χ1) is 13.6. The predicted molar refractivity (Wildman–Crippen MR) is 102 cm³/mol. The summed E-state index contributed by atoms with van der Waals surface area (Å²) in [5.74, 6) is 1.83. The summed E-state index contributed by atoms with van der Waals surface area (Å²) >= 11 is 0. The summed E-state index contributed by atoms with van der Waals surface area (Å²) in [5, 5.41) is 3.04. The Kier molecular flexibility index (Phi) is 5.18. The summed E-state index contributed by atoms with van der Waals surface area (Å²) in [6, 6.07) is 12.2. The standard InChI is InChI=1S/C20H21F2N3O3/c21-19(22)28-16-5-2-1-4-13(16)14-11-15(14)25-20(23)24-12-6-7-17-18(10-12)27-9-3-8-26-17/h1-2,4-7,10,14-15,19H,3,8-9,11H2,(H3,23,24,25)/t14-,15+/m1/s1. The fourth-order valence-corrected chi connectivity index (χ4v) is 3.25. The lowest BCUT2D eigenvalue weighted by molar-refractivity contribution is -0.0504. The summed E-state index contributed by atoms with van der Waals surface area (Å²) in [5.41, 5.74) is 7.49. The Hall–Kier alpha value is -3.03. The molecule has 2 atom stereocenters. The molecule has 28 heavy (non-hydrogen) atoms. The van der Waals surface area contributed by atoms with Crippen molar-refractivity contribution in [2.24, 2.45) is 10.7 Å². The molecule has 3 N–H and O–H groups in total. The highest BCUT2D eigenvalue weighted by molar-refractivity contribution is 5.93. The first-order valence-corrected chi connectivity index (χ1v) is 9.14. The zero-order valence-electron chi connectivity index (χ0n) is 15.1. The van der Waals surface area contributed by atoms with Crippen LogP contribution in [-0.2, 0) is 0 Å². The molecule has 1 aliphatic carbocycles. The number of para-hydroxylation sites is 1. The quantitative estimate of drug-likeness (QED) is 0.602. The van der Waals surface area contributed by atoms with Crippen LogP contribution < -0.4 is 25.3 Å². The van der Waals surface area contributed by atoms with Crippen LogP contribution in [0.25, 0.3) is 0 Å². The molecule has 0 unspecified atom stereocenters. The number of nitrogens with zero attached hydrogens (tertiary/aromatic N) is 1. The van der Waals surface area contributed by atoms with Crippen LogP contribution in [0.3, 0.4) is 0 Å². The zero-order valence-corrected chi connectivity index (χ0v) is 15.1. The Morgan fingerprint density at radius 2 is 1.93 bits per heavy atom. The highest BCUT2D eigenvalue weighted by atomic mass is 19.3. The van der Waals surface area contributed by atoms with Crippen LogP contribution in [0.4, 0.5) is 14.5 Å². The number of hydrogen-bond donors (Lipinski definition) is 2. The molecule has 1 heterocycles. The Morgan fingerprint density at radius 3 is 2.75 bits per heavy atom. The minimum atomic E-state index is -2.85. The Balaban J connectivity index is 1.42. The second kappa shape index (κ2) is 7.92. The van der Waals surface area contributed by atoms with Gasteiger partial charge in [0.25, 0.3) is 0 Å². The number of anilines is 1. The van der Waals surface area contributed by atoms with Crippen LogP contribution in [0.15, 0.2) is 47.5 Å². The van der Waals surface area contributed by atoms with Crippen LogP contribution in [-0.4, -0.2) is 31.8 Å². The molecule has 1 fully saturated rings. The molecule has 6 nitrogen and oxygen atoms in total. The third-order valence-corrected chi connectivity index (χ3v) is 4.62. The predicted octanol–water partition coefficient (Wildman–Crippen LogP) is 3.73. The molecule has 1 saturated carbocycles. The van der Waals surface area contributed by atoms with Crippen LogP contribution in [0, 0.1) is 0 Å². The van der Waals surface area contributed by atoms with Gasteiger partial charge >= 0.3 is 6.61 Å². The van der Waals surface area contributed by atoms with Gasteiger partial charge in [-0.05, 0) is 30.2 Å². The van der Waals surface area contributed by atoms with E-state index < -0.39 is 6.61 Å². The molecule has 0 amide bonds. The SMILES string of the molecule is NC(=N[C@H]1C[C@@H]1c1ccccc1OC(F)F)Nc1ccc2c(c1)OCCCO2. The number of alkyl halides is 2. The van der Waals surface area contributed by atoms with Crippen molar-refractivity contribution in [3.05, 3.63) is 48.0 Å². The number of ether oxygens (including phenoxy) is 3. The maximum absolute atomic E-state index is 12.6. The van der Waals surface area contributed by atoms with E-state index in [0.29, 0.717) is 24.7 Å². The Bertz CT molecular complexity index is 876. The lowest BCUT2D eigenvalue weighted by Crippen LogP contribution is -2.23. The van der Waals surface area contributed by atoms with E-state index >= 15 is 0 Å². The smallest absolute Gasteiger partial charge is 0.387 e. The lowest BCUT2D eigenvalue weighted by atomic mass is 10.1. The molecule has 0 aromatic heterocycles. The van der Waals surface area contributed by atoms with Gasteiger partial charge in [-0.3, -0.25) is 0 Å². The molecular formula is C20H21F2N3O3. The van der Waals surface area contributed by atoms with Crippen molar-refractivity contribution < 1.29 is 23.0 Å². The van der Waals surface area contributed by atoms with Gasteiger partial charge in [0.05, 0.1) is 19.3 Å². The van der Waals surface area contributed by atoms with Crippen molar-refractivity contribution in [1.82, 2.24) is 0 Å². The summed E-state index contributed by atoms with van der Waals surface area (Å²) in [7, 11) is 0. The third kappa shape index (κ3) is 4.27. The van der Waals surface area contributed by atoms with Crippen molar-refractivity contribution in [2.45, 2.75) is 31.4 Å². The van der Waals surface area contributed by atoms with Crippen LogP contribution in [0.2, 0.25) is 0 Å². The number of nitrogens with two attached hydrogens (primary N) is 1. The summed E-state index contributed by atoms with van der Waals surface area (Å²) in [6.07, 6.45) is 1.56. The van der Waals surface area contributed by atoms with Gasteiger partial charge in [0.1, 0.15) is 5.75 Å². The lowest BCUT2D eigenvalue weighted by Gasteiger charge is -2.11. The van der Waals surface area contributed by atoms with Crippen LogP contribution >= 0.6 is 0 Å². The molecule has 1 aliphatic heterocycles. The minimum absolute atomic E-state index is 0.0130. The largest absolute Gasteiger partial charge is 0.490 e. The minimum Gasteiger partial charge on any atom is -0.490 e. The first kappa shape index (κ1) is 18.3. The topological polar surface area (TPSA) is 78.1 Å². The van der Waals surface area contributed by atoms with Gasteiger partial charge in [-0.15, -0.1) is 0 Å². The van der Waals surface area contributed by atoms with Crippen LogP contribution in [0.1, 0.15) is 24.3 Å². The molecule has 2 aromatic carbocycles. The van der Waals surface area contributed by atoms with E-state index in [1.165, 1.54) is 0 Å². The monoisotopic (exact) mass is 389 g/mol. The second-order valence-electron chi connectivity index (χ2n) is 6.68. The highest BCUT2D eigenvalue weighted by Gasteiger charge is 2.40. The van der Waals surface area contributed by atoms with E-state index in [-0.39, 0.29) is 23.7 Å². The van der Waals surface area contributed by atoms with E-state index in [0.717, 1.165) is 24.1 Å². The van der Waals surface area contributed by atoms with Crippen LogP contribution in [0.5, 0.6) is 17.2 Å². The number of fused-ring (bicyclic) bond motifs is 1. The maximum atomic E-state index is 12.6. The van der Waals surface area contributed by atoms with Crippen molar-refractivity contribution in [3.63, 3.8) is 0 Å². The molecule has 0 bridgehead atoms. The fourth-order valence-electron chi connectivity index (χ4n) is 3.25. The number of hydrogen-bond acceptors (Lipinski definition) is 4. The normalized spacial score (nSPS) is 21.2. The molecule has 0 spiro atoms. The number of halogens is 2. The average Bonchev–Trinajstić information content (AvgIpc) is 3.44. The molecule has 8 heteroatoms. The van der Waals surface area contributed by atoms with E-state index in [1.807, 2.05) is 18.2 Å². The summed E-state index contributed by atoms with van der Waals surface area (Å²) in [4.78, 5) is 4.46. The molecule has 2 aromatic rings. The highest BCUT2D eigenvalue weighted by Crippen LogP contribution is 2.47. The van der Waals surface area contributed by atoms with E-state index in [4.69, 9.17) is 15.2 Å². The number of nitrogens with one attached hydrogen (secondary N) is 1. The van der Waals surface area contributed by atoms with Crippen molar-refractivity contribution in [3.8, 4) is 17.2 Å². The number of benzene rings is 2. The van der Waals surface area contributed by atoms with Gasteiger partial charge in [-0.1, -0.05) is 18.2 Å². The summed E-state index contributed by atoms with van der Waals surface area (Å²) < 4.78 is 41.0. The third-order valence-electron chi connectivity index (χ3n) is 4.62. The average molecular weight is 389 g/mol. The fraction of sp³-hybridized carbons (Fsp3) is 0.350. The molecular weight excluding hydrogens is 368 g/mol. The van der Waals surface area contributed by atoms with Gasteiger partial charge in [0.2, 0.25) is 0 Å². The Morgan fingerprint density at radius 1 is 1.14 bits per heavy atom. The zero-order chi connectivity index (χ0) is 19.5. The van der Waals surface area contributed by atoms with Crippen molar-refractivity contribution in [2.75, 3.05) is 18.5 Å².